The lowest BCUT2D eigenvalue weighted by molar-refractivity contribution is 0.135. The third-order valence-corrected chi connectivity index (χ3v) is 6.37. The Morgan fingerprint density at radius 1 is 1.03 bits per heavy atom. The highest BCUT2D eigenvalue weighted by Crippen LogP contribution is 2.28. The van der Waals surface area contributed by atoms with Crippen LogP contribution >= 0.6 is 0 Å². The van der Waals surface area contributed by atoms with E-state index in [2.05, 4.69) is 10.1 Å². The van der Waals surface area contributed by atoms with Crippen molar-refractivity contribution in [3.05, 3.63) is 83.9 Å². The molecule has 194 valence electrons. The third-order valence-electron chi connectivity index (χ3n) is 5.40. The number of hydrogen-bond acceptors (Lipinski definition) is 7. The Balaban J connectivity index is 1.75. The smallest absolute Gasteiger partial charge is 0.415 e. The van der Waals surface area contributed by atoms with Crippen LogP contribution in [0.15, 0.2) is 77.7 Å². The summed E-state index contributed by atoms with van der Waals surface area (Å²) >= 11 is 0. The summed E-state index contributed by atoms with van der Waals surface area (Å²) in [7, 11) is -2.70. The van der Waals surface area contributed by atoms with Crippen molar-refractivity contribution in [1.82, 2.24) is 10.2 Å². The van der Waals surface area contributed by atoms with Gasteiger partial charge in [0.2, 0.25) is 10.0 Å². The van der Waals surface area contributed by atoms with Crippen LogP contribution in [0.3, 0.4) is 0 Å². The molecule has 4 N–H and O–H groups in total. The van der Waals surface area contributed by atoms with Crippen molar-refractivity contribution < 1.29 is 27.5 Å². The summed E-state index contributed by atoms with van der Waals surface area (Å²) in [6.07, 6.45) is -1.33. The van der Waals surface area contributed by atoms with Crippen molar-refractivity contribution in [1.29, 1.82) is 5.41 Å². The summed E-state index contributed by atoms with van der Waals surface area (Å²) in [4.78, 5) is 25.9. The first-order valence-electron chi connectivity index (χ1n) is 11.2. The van der Waals surface area contributed by atoms with Gasteiger partial charge in [-0.15, -0.1) is 0 Å². The van der Waals surface area contributed by atoms with Crippen molar-refractivity contribution in [2.45, 2.75) is 31.3 Å². The van der Waals surface area contributed by atoms with Gasteiger partial charge in [0.15, 0.2) is 0 Å². The van der Waals surface area contributed by atoms with Crippen LogP contribution in [-0.4, -0.2) is 44.5 Å². The van der Waals surface area contributed by atoms with Crippen LogP contribution in [0.4, 0.5) is 9.59 Å². The SMILES string of the molecule is COC(=O)NC(=N)c1cccc(CN(C(=O)Oc2ccc(-c3ccccc3S(N)(=O)=O)cc2)C(C)C)c1. The standard InChI is InChI=1S/C26H28N4O6S/c1-17(2)30(16-18-7-6-8-20(15-18)24(27)29-25(31)35-3)26(32)36-21-13-11-19(12-14-21)22-9-4-5-10-23(22)37(28,33)34/h4-15,17H,16H2,1-3H3,(H2,27,29,31)(H2,28,33,34). The van der Waals surface area contributed by atoms with E-state index in [9.17, 15) is 18.0 Å². The van der Waals surface area contributed by atoms with Crippen LogP contribution < -0.4 is 15.2 Å². The molecule has 0 saturated carbocycles. The molecule has 3 aromatic rings. The summed E-state index contributed by atoms with van der Waals surface area (Å²) in [5.41, 5.74) is 2.23. The van der Waals surface area contributed by atoms with Crippen LogP contribution in [-0.2, 0) is 21.3 Å². The Labute approximate surface area is 215 Å². The molecule has 0 radical (unpaired) electrons. The molecule has 0 aliphatic heterocycles. The molecule has 10 nitrogen and oxygen atoms in total. The molecule has 3 aromatic carbocycles. The number of amidine groups is 1. The van der Waals surface area contributed by atoms with Crippen molar-refractivity contribution in [3.8, 4) is 16.9 Å². The van der Waals surface area contributed by atoms with Gasteiger partial charge in [0.1, 0.15) is 11.6 Å². The highest BCUT2D eigenvalue weighted by Gasteiger charge is 2.21. The number of nitrogens with two attached hydrogens (primary N) is 1. The lowest BCUT2D eigenvalue weighted by atomic mass is 10.1. The molecule has 0 heterocycles. The van der Waals surface area contributed by atoms with Crippen LogP contribution in [0.1, 0.15) is 25.0 Å². The molecular formula is C26H28N4O6S. The van der Waals surface area contributed by atoms with Gasteiger partial charge in [-0.05, 0) is 49.2 Å². The molecule has 0 aromatic heterocycles. The molecule has 37 heavy (non-hydrogen) atoms. The van der Waals surface area contributed by atoms with Gasteiger partial charge in [0.25, 0.3) is 0 Å². The minimum atomic E-state index is -3.91. The quantitative estimate of drug-likeness (QED) is 0.313. The zero-order valence-corrected chi connectivity index (χ0v) is 21.4. The van der Waals surface area contributed by atoms with E-state index in [4.69, 9.17) is 15.3 Å². The van der Waals surface area contributed by atoms with Crippen molar-refractivity contribution >= 4 is 28.0 Å². The molecule has 0 unspecified atom stereocenters. The number of nitrogens with zero attached hydrogens (tertiary/aromatic N) is 1. The Morgan fingerprint density at radius 3 is 2.32 bits per heavy atom. The van der Waals surface area contributed by atoms with E-state index in [0.717, 1.165) is 5.56 Å². The molecule has 0 bridgehead atoms. The van der Waals surface area contributed by atoms with Gasteiger partial charge < -0.3 is 14.4 Å². The normalized spacial score (nSPS) is 11.1. The Hall–Kier alpha value is -4.22. The van der Waals surface area contributed by atoms with E-state index in [1.807, 2.05) is 13.8 Å². The number of benzene rings is 3. The fraction of sp³-hybridized carbons (Fsp3) is 0.192. The third kappa shape index (κ3) is 7.15. The molecule has 0 aliphatic rings. The van der Waals surface area contributed by atoms with E-state index >= 15 is 0 Å². The summed E-state index contributed by atoms with van der Waals surface area (Å²) in [5, 5.41) is 15.7. The molecule has 3 rings (SSSR count). The highest BCUT2D eigenvalue weighted by molar-refractivity contribution is 7.89. The number of alkyl carbamates (subject to hydrolysis) is 1. The summed E-state index contributed by atoms with van der Waals surface area (Å²) in [5.74, 6) is 0.154. The Bertz CT molecular complexity index is 1400. The molecule has 0 aliphatic carbocycles. The first-order chi connectivity index (χ1) is 17.5. The van der Waals surface area contributed by atoms with E-state index in [1.54, 1.807) is 66.7 Å². The summed E-state index contributed by atoms with van der Waals surface area (Å²) in [6.45, 7) is 3.90. The van der Waals surface area contributed by atoms with E-state index < -0.39 is 22.2 Å². The van der Waals surface area contributed by atoms with E-state index in [1.165, 1.54) is 18.1 Å². The number of nitrogens with one attached hydrogen (secondary N) is 2. The number of primary sulfonamides is 1. The maximum absolute atomic E-state index is 13.0. The van der Waals surface area contributed by atoms with Crippen molar-refractivity contribution in [3.63, 3.8) is 0 Å². The minimum Gasteiger partial charge on any atom is -0.453 e. The van der Waals surface area contributed by atoms with Gasteiger partial charge in [0, 0.05) is 23.7 Å². The maximum Gasteiger partial charge on any atom is 0.415 e. The fourth-order valence-corrected chi connectivity index (χ4v) is 4.28. The molecule has 0 spiro atoms. The second-order valence-corrected chi connectivity index (χ2v) is 9.88. The average molecular weight is 525 g/mol. The van der Waals surface area contributed by atoms with Crippen LogP contribution in [0, 0.1) is 5.41 Å². The van der Waals surface area contributed by atoms with Crippen molar-refractivity contribution in [2.75, 3.05) is 7.11 Å². The second kappa shape index (κ2) is 11.7. The Morgan fingerprint density at radius 2 is 1.70 bits per heavy atom. The molecule has 0 saturated heterocycles. The summed E-state index contributed by atoms with van der Waals surface area (Å²) in [6, 6.07) is 19.5. The van der Waals surface area contributed by atoms with Crippen LogP contribution in [0.25, 0.3) is 11.1 Å². The van der Waals surface area contributed by atoms with Crippen LogP contribution in [0.5, 0.6) is 5.75 Å². The number of methoxy groups -OCH3 is 1. The maximum atomic E-state index is 13.0. The first-order valence-corrected chi connectivity index (χ1v) is 12.8. The number of carbonyl (C=O) groups is 2. The van der Waals surface area contributed by atoms with Gasteiger partial charge in [-0.3, -0.25) is 10.7 Å². The average Bonchev–Trinajstić information content (AvgIpc) is 2.87. The molecule has 0 atom stereocenters. The predicted molar refractivity (Wildman–Crippen MR) is 139 cm³/mol. The topological polar surface area (TPSA) is 152 Å². The number of amides is 2. The van der Waals surface area contributed by atoms with Crippen LogP contribution in [0.2, 0.25) is 0 Å². The Kier molecular flexibility index (Phi) is 8.64. The van der Waals surface area contributed by atoms with Gasteiger partial charge >= 0.3 is 12.2 Å². The molecule has 2 amide bonds. The number of rotatable bonds is 7. The highest BCUT2D eigenvalue weighted by atomic mass is 32.2. The zero-order valence-electron chi connectivity index (χ0n) is 20.6. The predicted octanol–water partition coefficient (Wildman–Crippen LogP) is 4.09. The number of ether oxygens (including phenoxy) is 2. The minimum absolute atomic E-state index is 0.00262. The zero-order chi connectivity index (χ0) is 27.2. The fourth-order valence-electron chi connectivity index (χ4n) is 3.52. The van der Waals surface area contributed by atoms with Gasteiger partial charge in [0.05, 0.1) is 12.0 Å². The van der Waals surface area contributed by atoms with Gasteiger partial charge in [-0.25, -0.2) is 23.1 Å². The lowest BCUT2D eigenvalue weighted by Gasteiger charge is -2.26. The van der Waals surface area contributed by atoms with Gasteiger partial charge in [-0.1, -0.05) is 48.5 Å². The number of hydrogen-bond donors (Lipinski definition) is 3. The molecule has 11 heteroatoms. The van der Waals surface area contributed by atoms with Crippen molar-refractivity contribution in [2.24, 2.45) is 5.14 Å². The largest absolute Gasteiger partial charge is 0.453 e. The van der Waals surface area contributed by atoms with E-state index in [-0.39, 0.29) is 29.1 Å². The monoisotopic (exact) mass is 524 g/mol. The number of sulfonamides is 1. The second-order valence-electron chi connectivity index (χ2n) is 8.35. The molecular weight excluding hydrogens is 496 g/mol. The van der Waals surface area contributed by atoms with E-state index in [0.29, 0.717) is 16.7 Å². The van der Waals surface area contributed by atoms with Gasteiger partial charge in [-0.2, -0.15) is 0 Å². The number of carbonyl (C=O) groups excluding carboxylic acids is 2. The molecule has 0 fully saturated rings. The lowest BCUT2D eigenvalue weighted by Crippen LogP contribution is -2.38. The first kappa shape index (κ1) is 27.4. The summed E-state index contributed by atoms with van der Waals surface area (Å²) < 4.78 is 33.9.